The van der Waals surface area contributed by atoms with E-state index in [-0.39, 0.29) is 6.04 Å². The smallest absolute Gasteiger partial charge is 0.211 e. The number of hydrogen-bond acceptors (Lipinski definition) is 3. The zero-order chi connectivity index (χ0) is 18.4. The third kappa shape index (κ3) is 5.71. The highest BCUT2D eigenvalue weighted by atomic mass is 32.2. The Labute approximate surface area is 151 Å². The molecule has 0 amide bonds. The molecule has 1 fully saturated rings. The molecule has 0 aromatic heterocycles. The summed E-state index contributed by atoms with van der Waals surface area (Å²) in [5, 5.41) is 3.08. The molecule has 25 heavy (non-hydrogen) atoms. The first kappa shape index (κ1) is 19.7. The van der Waals surface area contributed by atoms with E-state index in [1.807, 2.05) is 12.1 Å². The second kappa shape index (κ2) is 8.67. The molecule has 7 heteroatoms. The molecule has 140 valence electrons. The van der Waals surface area contributed by atoms with Gasteiger partial charge in [-0.3, -0.25) is 4.99 Å². The molecule has 1 aliphatic rings. The Kier molecular flexibility index (Phi) is 6.84. The number of rotatable bonds is 6. The summed E-state index contributed by atoms with van der Waals surface area (Å²) >= 11 is 0. The van der Waals surface area contributed by atoms with Gasteiger partial charge in [0.15, 0.2) is 5.96 Å². The average molecular weight is 367 g/mol. The van der Waals surface area contributed by atoms with Crippen LogP contribution in [0.2, 0.25) is 0 Å². The fourth-order valence-corrected chi connectivity index (χ4v) is 4.29. The van der Waals surface area contributed by atoms with Crippen molar-refractivity contribution in [1.29, 1.82) is 0 Å². The number of aliphatic imine (C=N–C) groups is 1. The number of sulfonamides is 1. The minimum Gasteiger partial charge on any atom is -0.370 e. The summed E-state index contributed by atoms with van der Waals surface area (Å²) in [7, 11) is -3.19. The monoisotopic (exact) mass is 366 g/mol. The van der Waals surface area contributed by atoms with Crippen molar-refractivity contribution in [1.82, 2.24) is 4.31 Å². The maximum absolute atomic E-state index is 11.9. The summed E-state index contributed by atoms with van der Waals surface area (Å²) in [5.41, 5.74) is 8.16. The molecule has 0 saturated carbocycles. The number of piperidine rings is 1. The van der Waals surface area contributed by atoms with Gasteiger partial charge in [-0.25, -0.2) is 8.42 Å². The van der Waals surface area contributed by atoms with Crippen LogP contribution in [0.4, 0.5) is 5.69 Å². The molecule has 1 aromatic rings. The SMILES string of the molecule is CCC(C)c1ccc(NC(N)=NCC2CCCCN2S(C)(=O)=O)cc1. The minimum absolute atomic E-state index is 0.100. The van der Waals surface area contributed by atoms with Crippen molar-refractivity contribution in [2.75, 3.05) is 24.7 Å². The molecule has 3 N–H and O–H groups in total. The Bertz CT molecular complexity index is 686. The van der Waals surface area contributed by atoms with Crippen molar-refractivity contribution < 1.29 is 8.42 Å². The van der Waals surface area contributed by atoms with E-state index in [0.717, 1.165) is 31.4 Å². The molecule has 2 unspecified atom stereocenters. The first-order valence-electron chi connectivity index (χ1n) is 8.95. The number of anilines is 1. The van der Waals surface area contributed by atoms with E-state index in [9.17, 15) is 8.42 Å². The highest BCUT2D eigenvalue weighted by molar-refractivity contribution is 7.88. The molecular formula is C18H30N4O2S. The number of nitrogens with two attached hydrogens (primary N) is 1. The van der Waals surface area contributed by atoms with Crippen LogP contribution in [0.1, 0.15) is 51.0 Å². The average Bonchev–Trinajstić information content (AvgIpc) is 2.59. The van der Waals surface area contributed by atoms with Gasteiger partial charge in [0, 0.05) is 18.3 Å². The Hall–Kier alpha value is -1.60. The molecule has 0 spiro atoms. The minimum atomic E-state index is -3.19. The lowest BCUT2D eigenvalue weighted by molar-refractivity contribution is 0.259. The molecule has 1 saturated heterocycles. The molecule has 0 bridgehead atoms. The van der Waals surface area contributed by atoms with Crippen LogP contribution in [-0.2, 0) is 10.0 Å². The van der Waals surface area contributed by atoms with E-state index in [0.29, 0.717) is 25.0 Å². The third-order valence-corrected chi connectivity index (χ3v) is 6.17. The summed E-state index contributed by atoms with van der Waals surface area (Å²) in [5.74, 6) is 0.851. The molecule has 2 atom stereocenters. The van der Waals surface area contributed by atoms with Crippen LogP contribution in [0.5, 0.6) is 0 Å². The van der Waals surface area contributed by atoms with E-state index in [2.05, 4.69) is 36.3 Å². The normalized spacial score (nSPS) is 21.1. The quantitative estimate of drug-likeness (QED) is 0.598. The number of guanidine groups is 1. The lowest BCUT2D eigenvalue weighted by Crippen LogP contribution is -2.45. The molecule has 0 aliphatic carbocycles. The zero-order valence-electron chi connectivity index (χ0n) is 15.4. The van der Waals surface area contributed by atoms with Crippen molar-refractivity contribution in [2.24, 2.45) is 10.7 Å². The predicted octanol–water partition coefficient (Wildman–Crippen LogP) is 2.74. The Morgan fingerprint density at radius 2 is 2.04 bits per heavy atom. The van der Waals surface area contributed by atoms with Gasteiger partial charge in [-0.2, -0.15) is 4.31 Å². The van der Waals surface area contributed by atoms with Crippen LogP contribution >= 0.6 is 0 Å². The van der Waals surface area contributed by atoms with E-state index < -0.39 is 10.0 Å². The highest BCUT2D eigenvalue weighted by Crippen LogP contribution is 2.21. The lowest BCUT2D eigenvalue weighted by atomic mass is 9.99. The number of hydrogen-bond donors (Lipinski definition) is 2. The van der Waals surface area contributed by atoms with Crippen LogP contribution in [0.15, 0.2) is 29.3 Å². The van der Waals surface area contributed by atoms with Gasteiger partial charge in [-0.15, -0.1) is 0 Å². The topological polar surface area (TPSA) is 87.8 Å². The van der Waals surface area contributed by atoms with Gasteiger partial charge >= 0.3 is 0 Å². The van der Waals surface area contributed by atoms with Crippen molar-refractivity contribution in [3.05, 3.63) is 29.8 Å². The van der Waals surface area contributed by atoms with E-state index in [1.165, 1.54) is 11.8 Å². The molecule has 1 heterocycles. The largest absolute Gasteiger partial charge is 0.370 e. The van der Waals surface area contributed by atoms with Crippen molar-refractivity contribution in [3.63, 3.8) is 0 Å². The Morgan fingerprint density at radius 3 is 2.64 bits per heavy atom. The fraction of sp³-hybridized carbons (Fsp3) is 0.611. The van der Waals surface area contributed by atoms with Gasteiger partial charge in [-0.05, 0) is 42.9 Å². The van der Waals surface area contributed by atoms with Gasteiger partial charge in [0.2, 0.25) is 10.0 Å². The van der Waals surface area contributed by atoms with Crippen LogP contribution in [0, 0.1) is 0 Å². The van der Waals surface area contributed by atoms with Crippen LogP contribution in [0.3, 0.4) is 0 Å². The van der Waals surface area contributed by atoms with Crippen molar-refractivity contribution in [3.8, 4) is 0 Å². The van der Waals surface area contributed by atoms with Gasteiger partial charge in [0.05, 0.1) is 12.8 Å². The summed E-state index contributed by atoms with van der Waals surface area (Å²) < 4.78 is 25.3. The summed E-state index contributed by atoms with van der Waals surface area (Å²) in [6.45, 7) is 5.34. The van der Waals surface area contributed by atoms with E-state index in [4.69, 9.17) is 5.73 Å². The maximum Gasteiger partial charge on any atom is 0.211 e. The Balaban J connectivity index is 1.96. The van der Waals surface area contributed by atoms with E-state index >= 15 is 0 Å². The maximum atomic E-state index is 11.9. The van der Waals surface area contributed by atoms with Crippen molar-refractivity contribution in [2.45, 2.75) is 51.5 Å². The standard InChI is InChI=1S/C18H30N4O2S/c1-4-14(2)15-8-10-16(11-9-15)21-18(19)20-13-17-7-5-6-12-22(17)25(3,23)24/h8-11,14,17H,4-7,12-13H2,1-3H3,(H3,19,20,21). The molecule has 6 nitrogen and oxygen atoms in total. The zero-order valence-corrected chi connectivity index (χ0v) is 16.2. The summed E-state index contributed by atoms with van der Waals surface area (Å²) in [6.07, 6.45) is 5.12. The third-order valence-electron chi connectivity index (χ3n) is 4.84. The fourth-order valence-electron chi connectivity index (χ4n) is 3.11. The van der Waals surface area contributed by atoms with Crippen LogP contribution in [0.25, 0.3) is 0 Å². The molecule has 2 rings (SSSR count). The molecule has 0 radical (unpaired) electrons. The van der Waals surface area contributed by atoms with Gasteiger partial charge in [0.1, 0.15) is 0 Å². The highest BCUT2D eigenvalue weighted by Gasteiger charge is 2.28. The van der Waals surface area contributed by atoms with Gasteiger partial charge < -0.3 is 11.1 Å². The lowest BCUT2D eigenvalue weighted by Gasteiger charge is -2.32. The molecule has 1 aromatic carbocycles. The number of nitrogens with one attached hydrogen (secondary N) is 1. The first-order valence-corrected chi connectivity index (χ1v) is 10.8. The number of benzene rings is 1. The van der Waals surface area contributed by atoms with Gasteiger partial charge in [0.25, 0.3) is 0 Å². The van der Waals surface area contributed by atoms with Crippen LogP contribution in [-0.4, -0.2) is 44.1 Å². The summed E-state index contributed by atoms with van der Waals surface area (Å²) in [6, 6.07) is 8.07. The predicted molar refractivity (Wildman–Crippen MR) is 104 cm³/mol. The second-order valence-corrected chi connectivity index (χ2v) is 8.74. The van der Waals surface area contributed by atoms with Crippen molar-refractivity contribution >= 4 is 21.7 Å². The van der Waals surface area contributed by atoms with Crippen LogP contribution < -0.4 is 11.1 Å². The molecule has 1 aliphatic heterocycles. The van der Waals surface area contributed by atoms with Gasteiger partial charge in [-0.1, -0.05) is 32.4 Å². The molecular weight excluding hydrogens is 336 g/mol. The second-order valence-electron chi connectivity index (χ2n) is 6.81. The van der Waals surface area contributed by atoms with E-state index in [1.54, 1.807) is 4.31 Å². The summed E-state index contributed by atoms with van der Waals surface area (Å²) in [4.78, 5) is 4.36. The Morgan fingerprint density at radius 1 is 1.36 bits per heavy atom. The first-order chi connectivity index (χ1) is 11.8. The number of nitrogens with zero attached hydrogens (tertiary/aromatic N) is 2.